The summed E-state index contributed by atoms with van der Waals surface area (Å²) in [5.74, 6) is 0.978. The molecule has 5 nitrogen and oxygen atoms in total. The van der Waals surface area contributed by atoms with Gasteiger partial charge in [0.05, 0.1) is 29.6 Å². The molecule has 3 aromatic carbocycles. The van der Waals surface area contributed by atoms with Crippen LogP contribution in [0.3, 0.4) is 0 Å². The highest BCUT2D eigenvalue weighted by molar-refractivity contribution is 8.00. The molecule has 0 spiro atoms. The molecule has 4 rings (SSSR count). The van der Waals surface area contributed by atoms with E-state index in [1.807, 2.05) is 79.1 Å². The first-order valence-corrected chi connectivity index (χ1v) is 12.3. The lowest BCUT2D eigenvalue weighted by molar-refractivity contribution is -0.113. The number of benzene rings is 3. The van der Waals surface area contributed by atoms with Crippen LogP contribution >= 0.6 is 23.5 Å². The average Bonchev–Trinajstić information content (AvgIpc) is 2.83. The number of aromatic nitrogens is 2. The lowest BCUT2D eigenvalue weighted by atomic mass is 10.1. The Bertz CT molecular complexity index is 1250. The zero-order chi connectivity index (χ0) is 22.3. The van der Waals surface area contributed by atoms with Crippen LogP contribution in [-0.4, -0.2) is 35.0 Å². The first-order chi connectivity index (χ1) is 15.7. The van der Waals surface area contributed by atoms with Gasteiger partial charge in [0.2, 0.25) is 5.91 Å². The van der Waals surface area contributed by atoms with E-state index in [1.54, 1.807) is 18.9 Å². The number of hydrogen-bond acceptors (Lipinski definition) is 6. The lowest BCUT2D eigenvalue weighted by Gasteiger charge is -2.12. The molecule has 1 aromatic heterocycles. The number of carbonyl (C=O) groups is 1. The monoisotopic (exact) mass is 461 g/mol. The Morgan fingerprint density at radius 3 is 2.50 bits per heavy atom. The van der Waals surface area contributed by atoms with Crippen LogP contribution in [0.25, 0.3) is 11.0 Å². The number of thioether (sulfide) groups is 2. The third kappa shape index (κ3) is 5.41. The van der Waals surface area contributed by atoms with Crippen molar-refractivity contribution in [1.29, 1.82) is 0 Å². The molecule has 0 aliphatic rings. The van der Waals surface area contributed by atoms with Crippen LogP contribution in [0.4, 0.5) is 5.69 Å². The normalized spacial score (nSPS) is 10.8. The van der Waals surface area contributed by atoms with Crippen LogP contribution in [0.1, 0.15) is 11.3 Å². The molecular weight excluding hydrogens is 438 g/mol. The summed E-state index contributed by atoms with van der Waals surface area (Å²) in [5, 5.41) is 3.72. The van der Waals surface area contributed by atoms with Gasteiger partial charge in [0, 0.05) is 22.6 Å². The fraction of sp³-hybridized carbons (Fsp3) is 0.160. The smallest absolute Gasteiger partial charge is 0.234 e. The summed E-state index contributed by atoms with van der Waals surface area (Å²) in [4.78, 5) is 23.4. The van der Waals surface area contributed by atoms with E-state index in [1.165, 1.54) is 11.8 Å². The highest BCUT2D eigenvalue weighted by atomic mass is 32.2. The van der Waals surface area contributed by atoms with E-state index in [2.05, 4.69) is 5.32 Å². The van der Waals surface area contributed by atoms with Crippen LogP contribution in [0, 0.1) is 0 Å². The van der Waals surface area contributed by atoms with Crippen LogP contribution in [0.5, 0.6) is 5.75 Å². The van der Waals surface area contributed by atoms with Gasteiger partial charge in [-0.1, -0.05) is 48.2 Å². The van der Waals surface area contributed by atoms with E-state index >= 15 is 0 Å². The molecule has 1 amide bonds. The largest absolute Gasteiger partial charge is 0.496 e. The van der Waals surface area contributed by atoms with Crippen molar-refractivity contribution in [2.75, 3.05) is 24.4 Å². The predicted octanol–water partition coefficient (Wildman–Crippen LogP) is 5.68. The van der Waals surface area contributed by atoms with Crippen molar-refractivity contribution in [1.82, 2.24) is 9.97 Å². The summed E-state index contributed by atoms with van der Waals surface area (Å²) in [7, 11) is 1.66. The molecule has 4 aromatic rings. The number of anilines is 1. The summed E-state index contributed by atoms with van der Waals surface area (Å²) < 4.78 is 5.51. The maximum atomic E-state index is 12.6. The number of nitrogens with one attached hydrogen (secondary N) is 1. The number of hydrogen-bond donors (Lipinski definition) is 1. The van der Waals surface area contributed by atoms with Crippen LogP contribution in [0.15, 0.2) is 82.7 Å². The molecule has 0 radical (unpaired) electrons. The Morgan fingerprint density at radius 2 is 1.72 bits per heavy atom. The van der Waals surface area contributed by atoms with Crippen molar-refractivity contribution in [3.63, 3.8) is 0 Å². The zero-order valence-corrected chi connectivity index (χ0v) is 19.5. The minimum atomic E-state index is -0.0774. The summed E-state index contributed by atoms with van der Waals surface area (Å²) in [6, 6.07) is 23.5. The Labute approximate surface area is 196 Å². The number of para-hydroxylation sites is 3. The van der Waals surface area contributed by atoms with Gasteiger partial charge in [-0.15, -0.1) is 11.8 Å². The molecule has 7 heteroatoms. The number of ether oxygens (including phenoxy) is 1. The predicted molar refractivity (Wildman–Crippen MR) is 133 cm³/mol. The van der Waals surface area contributed by atoms with Gasteiger partial charge >= 0.3 is 0 Å². The SMILES string of the molecule is COc1ccccc1Cc1nc2ccccc2nc1SCC(=O)Nc1cccc(SC)c1. The first kappa shape index (κ1) is 22.2. The third-order valence-electron chi connectivity index (χ3n) is 4.85. The molecule has 0 fully saturated rings. The molecule has 0 aliphatic heterocycles. The Kier molecular flexibility index (Phi) is 7.29. The summed E-state index contributed by atoms with van der Waals surface area (Å²) in [5.41, 5.74) is 4.29. The molecule has 1 heterocycles. The number of rotatable bonds is 8. The van der Waals surface area contributed by atoms with Crippen molar-refractivity contribution in [3.05, 3.63) is 84.1 Å². The van der Waals surface area contributed by atoms with Gasteiger partial charge in [0.25, 0.3) is 0 Å². The second kappa shape index (κ2) is 10.5. The van der Waals surface area contributed by atoms with Gasteiger partial charge in [-0.05, 0) is 42.7 Å². The standard InChI is InChI=1S/C25H23N3O2S2/c1-30-23-13-6-3-8-17(23)14-22-25(28-21-12-5-4-11-20(21)27-22)32-16-24(29)26-18-9-7-10-19(15-18)31-2/h3-13,15H,14,16H2,1-2H3,(H,26,29). The minimum Gasteiger partial charge on any atom is -0.496 e. The van der Waals surface area contributed by atoms with Crippen molar-refractivity contribution in [2.45, 2.75) is 16.3 Å². The van der Waals surface area contributed by atoms with Gasteiger partial charge in [-0.3, -0.25) is 4.79 Å². The summed E-state index contributed by atoms with van der Waals surface area (Å²) in [6.45, 7) is 0. The van der Waals surface area contributed by atoms with E-state index in [0.717, 1.165) is 43.6 Å². The molecule has 0 saturated carbocycles. The fourth-order valence-corrected chi connectivity index (χ4v) is 4.56. The van der Waals surface area contributed by atoms with E-state index < -0.39 is 0 Å². The molecule has 0 saturated heterocycles. The first-order valence-electron chi connectivity index (χ1n) is 10.1. The zero-order valence-electron chi connectivity index (χ0n) is 17.9. The summed E-state index contributed by atoms with van der Waals surface area (Å²) >= 11 is 3.04. The number of carbonyl (C=O) groups excluding carboxylic acids is 1. The number of nitrogens with zero attached hydrogens (tertiary/aromatic N) is 2. The molecule has 32 heavy (non-hydrogen) atoms. The van der Waals surface area contributed by atoms with Crippen molar-refractivity contribution < 1.29 is 9.53 Å². The molecule has 1 N–H and O–H groups in total. The number of methoxy groups -OCH3 is 1. The van der Waals surface area contributed by atoms with Gasteiger partial charge in [-0.25, -0.2) is 9.97 Å². The van der Waals surface area contributed by atoms with Gasteiger partial charge in [0.15, 0.2) is 0 Å². The van der Waals surface area contributed by atoms with Crippen molar-refractivity contribution in [2.24, 2.45) is 0 Å². The van der Waals surface area contributed by atoms with Crippen LogP contribution in [0.2, 0.25) is 0 Å². The maximum absolute atomic E-state index is 12.6. The van der Waals surface area contributed by atoms with Crippen LogP contribution in [-0.2, 0) is 11.2 Å². The topological polar surface area (TPSA) is 64.1 Å². The minimum absolute atomic E-state index is 0.0774. The third-order valence-corrected chi connectivity index (χ3v) is 6.58. The van der Waals surface area contributed by atoms with Gasteiger partial charge in [0.1, 0.15) is 10.8 Å². The molecule has 0 unspecified atom stereocenters. The van der Waals surface area contributed by atoms with Gasteiger partial charge in [-0.2, -0.15) is 0 Å². The number of amides is 1. The van der Waals surface area contributed by atoms with E-state index in [4.69, 9.17) is 14.7 Å². The Hall–Kier alpha value is -3.03. The van der Waals surface area contributed by atoms with Gasteiger partial charge < -0.3 is 10.1 Å². The second-order valence-electron chi connectivity index (χ2n) is 7.02. The number of fused-ring (bicyclic) bond motifs is 1. The Morgan fingerprint density at radius 1 is 0.969 bits per heavy atom. The van der Waals surface area contributed by atoms with E-state index in [0.29, 0.717) is 6.42 Å². The van der Waals surface area contributed by atoms with E-state index in [-0.39, 0.29) is 11.7 Å². The lowest BCUT2D eigenvalue weighted by Crippen LogP contribution is -2.14. The Balaban J connectivity index is 1.56. The molecular formula is C25H23N3O2S2. The maximum Gasteiger partial charge on any atom is 0.234 e. The molecule has 0 bridgehead atoms. The van der Waals surface area contributed by atoms with Crippen molar-refractivity contribution >= 4 is 46.2 Å². The molecule has 0 aliphatic carbocycles. The highest BCUT2D eigenvalue weighted by Crippen LogP contribution is 2.28. The summed E-state index contributed by atoms with van der Waals surface area (Å²) in [6.07, 6.45) is 2.58. The molecule has 0 atom stereocenters. The fourth-order valence-electron chi connectivity index (χ4n) is 3.31. The quantitative estimate of drug-likeness (QED) is 0.341. The second-order valence-corrected chi connectivity index (χ2v) is 8.87. The van der Waals surface area contributed by atoms with E-state index in [9.17, 15) is 4.79 Å². The van der Waals surface area contributed by atoms with Crippen molar-refractivity contribution in [3.8, 4) is 5.75 Å². The molecule has 162 valence electrons. The average molecular weight is 462 g/mol. The van der Waals surface area contributed by atoms with Crippen LogP contribution < -0.4 is 10.1 Å². The highest BCUT2D eigenvalue weighted by Gasteiger charge is 2.14.